The molecule has 0 spiro atoms. The van der Waals surface area contributed by atoms with E-state index < -0.39 is 16.1 Å². The third kappa shape index (κ3) is 9.46. The van der Waals surface area contributed by atoms with Crippen molar-refractivity contribution in [2.75, 3.05) is 17.1 Å². The number of amides is 2. The van der Waals surface area contributed by atoms with Gasteiger partial charge in [-0.05, 0) is 68.5 Å². The van der Waals surface area contributed by atoms with Crippen molar-refractivity contribution < 1.29 is 18.0 Å². The smallest absolute Gasteiger partial charge is 0.243 e. The molecule has 0 bridgehead atoms. The van der Waals surface area contributed by atoms with Crippen molar-refractivity contribution in [1.82, 2.24) is 10.2 Å². The molecule has 3 aromatic carbocycles. The highest BCUT2D eigenvalue weighted by Crippen LogP contribution is 2.29. The van der Waals surface area contributed by atoms with Gasteiger partial charge in [-0.3, -0.25) is 13.9 Å². The average molecular weight is 647 g/mol. The molecule has 0 saturated heterocycles. The normalized spacial score (nSPS) is 12.8. The number of carbonyl (C=O) groups excluding carboxylic acids is 2. The minimum Gasteiger partial charge on any atom is -0.352 e. The van der Waals surface area contributed by atoms with Gasteiger partial charge >= 0.3 is 0 Å². The number of aryl methyl sites for hydroxylation is 1. The maximum Gasteiger partial charge on any atom is 0.243 e. The molecule has 0 aliphatic heterocycles. The summed E-state index contributed by atoms with van der Waals surface area (Å²) in [6, 6.07) is 19.2. The molecule has 43 heavy (non-hydrogen) atoms. The lowest BCUT2D eigenvalue weighted by atomic mass is 10.0. The Morgan fingerprint density at radius 1 is 0.930 bits per heavy atom. The number of rotatable bonds is 14. The Bertz CT molecular complexity index is 1500. The molecule has 0 fully saturated rings. The first-order valence-corrected chi connectivity index (χ1v) is 17.0. The van der Waals surface area contributed by atoms with E-state index in [4.69, 9.17) is 23.2 Å². The highest BCUT2D eigenvalue weighted by Gasteiger charge is 2.32. The minimum absolute atomic E-state index is 0.0147. The van der Waals surface area contributed by atoms with Gasteiger partial charge in [-0.15, -0.1) is 0 Å². The molecule has 232 valence electrons. The number of benzene rings is 3. The van der Waals surface area contributed by atoms with Crippen LogP contribution >= 0.6 is 23.2 Å². The molecule has 0 radical (unpaired) electrons. The first kappa shape index (κ1) is 34.4. The Balaban J connectivity index is 1.95. The number of nitrogens with one attached hydrogen (secondary N) is 1. The Hall–Kier alpha value is -3.07. The van der Waals surface area contributed by atoms with Gasteiger partial charge in [0, 0.05) is 47.6 Å². The summed E-state index contributed by atoms with van der Waals surface area (Å²) >= 11 is 13.0. The molecule has 2 atom stereocenters. The van der Waals surface area contributed by atoms with Gasteiger partial charge in [0.1, 0.15) is 6.04 Å². The summed E-state index contributed by atoms with van der Waals surface area (Å²) < 4.78 is 26.9. The summed E-state index contributed by atoms with van der Waals surface area (Å²) in [7, 11) is -3.61. The van der Waals surface area contributed by atoms with Gasteiger partial charge in [-0.1, -0.05) is 78.7 Å². The third-order valence-corrected chi connectivity index (χ3v) is 9.55. The topological polar surface area (TPSA) is 86.8 Å². The summed E-state index contributed by atoms with van der Waals surface area (Å²) in [5.74, 6) is -0.575. The molecule has 0 aliphatic carbocycles. The maximum absolute atomic E-state index is 14.0. The largest absolute Gasteiger partial charge is 0.352 e. The van der Waals surface area contributed by atoms with Crippen LogP contribution in [0.25, 0.3) is 0 Å². The van der Waals surface area contributed by atoms with E-state index in [1.807, 2.05) is 70.2 Å². The van der Waals surface area contributed by atoms with Crippen molar-refractivity contribution >= 4 is 50.7 Å². The van der Waals surface area contributed by atoms with Gasteiger partial charge in [-0.2, -0.15) is 0 Å². The van der Waals surface area contributed by atoms with Crippen molar-refractivity contribution in [3.8, 4) is 0 Å². The van der Waals surface area contributed by atoms with Crippen LogP contribution in [0, 0.1) is 13.8 Å². The number of anilines is 1. The van der Waals surface area contributed by atoms with E-state index in [-0.39, 0.29) is 50.2 Å². The second-order valence-electron chi connectivity index (χ2n) is 10.9. The van der Waals surface area contributed by atoms with Crippen LogP contribution in [0.5, 0.6) is 0 Å². The van der Waals surface area contributed by atoms with E-state index in [0.29, 0.717) is 21.3 Å². The van der Waals surface area contributed by atoms with Crippen LogP contribution in [0.3, 0.4) is 0 Å². The predicted octanol–water partition coefficient (Wildman–Crippen LogP) is 6.71. The summed E-state index contributed by atoms with van der Waals surface area (Å²) in [4.78, 5) is 29.3. The van der Waals surface area contributed by atoms with E-state index >= 15 is 0 Å². The van der Waals surface area contributed by atoms with E-state index in [2.05, 4.69) is 5.32 Å². The lowest BCUT2D eigenvalue weighted by Crippen LogP contribution is -2.52. The fraction of sp³-hybridized carbons (Fsp3) is 0.394. The standard InChI is InChI=1S/C33H41Cl2N3O4S/c1-6-24(3)36-33(40)31(21-26-14-8-7-9-15-26)37(22-27-28(34)16-11-17-29(27)35)32(39)19-12-20-38(43(5,41)42)30-18-10-13-23(2)25(30)4/h7-11,13-18,24,31H,6,12,19-22H2,1-5H3,(H,36,40). The van der Waals surface area contributed by atoms with Crippen LogP contribution in [0.4, 0.5) is 5.69 Å². The Kier molecular flexibility index (Phi) is 12.5. The summed E-state index contributed by atoms with van der Waals surface area (Å²) in [6.07, 6.45) is 2.44. The van der Waals surface area contributed by atoms with Crippen molar-refractivity contribution in [1.29, 1.82) is 0 Å². The SMILES string of the molecule is CCC(C)NC(=O)C(Cc1ccccc1)N(Cc1c(Cl)cccc1Cl)C(=O)CCCN(c1cccc(C)c1C)S(C)(=O)=O. The zero-order valence-corrected chi connectivity index (χ0v) is 27.8. The van der Waals surface area contributed by atoms with Crippen LogP contribution in [-0.4, -0.2) is 50.0 Å². The molecule has 3 aromatic rings. The quantitative estimate of drug-likeness (QED) is 0.211. The zero-order chi connectivity index (χ0) is 31.7. The van der Waals surface area contributed by atoms with Gasteiger partial charge in [0.15, 0.2) is 0 Å². The van der Waals surface area contributed by atoms with Crippen LogP contribution in [0.1, 0.15) is 55.4 Å². The molecule has 0 aromatic heterocycles. The molecule has 0 heterocycles. The molecular weight excluding hydrogens is 605 g/mol. The van der Waals surface area contributed by atoms with E-state index in [9.17, 15) is 18.0 Å². The first-order chi connectivity index (χ1) is 20.3. The number of hydrogen-bond donors (Lipinski definition) is 1. The summed E-state index contributed by atoms with van der Waals surface area (Å²) in [5.41, 5.74) is 3.86. The predicted molar refractivity (Wildman–Crippen MR) is 176 cm³/mol. The van der Waals surface area contributed by atoms with Gasteiger partial charge in [0.05, 0.1) is 11.9 Å². The summed E-state index contributed by atoms with van der Waals surface area (Å²) in [5, 5.41) is 3.83. The van der Waals surface area contributed by atoms with Gasteiger partial charge in [0.2, 0.25) is 21.8 Å². The van der Waals surface area contributed by atoms with Gasteiger partial charge in [0.25, 0.3) is 0 Å². The first-order valence-electron chi connectivity index (χ1n) is 14.4. The molecule has 7 nitrogen and oxygen atoms in total. The zero-order valence-electron chi connectivity index (χ0n) is 25.4. The molecular formula is C33H41Cl2N3O4S. The van der Waals surface area contributed by atoms with E-state index in [1.54, 1.807) is 24.3 Å². The molecule has 10 heteroatoms. The second kappa shape index (κ2) is 15.6. The van der Waals surface area contributed by atoms with Crippen molar-refractivity contribution in [2.24, 2.45) is 0 Å². The highest BCUT2D eigenvalue weighted by molar-refractivity contribution is 7.92. The lowest BCUT2D eigenvalue weighted by molar-refractivity contribution is -0.141. The average Bonchev–Trinajstić information content (AvgIpc) is 2.95. The second-order valence-corrected chi connectivity index (χ2v) is 13.6. The third-order valence-electron chi connectivity index (χ3n) is 7.66. The maximum atomic E-state index is 14.0. The van der Waals surface area contributed by atoms with Crippen molar-refractivity contribution in [3.05, 3.63) is 99.0 Å². The number of sulfonamides is 1. The fourth-order valence-electron chi connectivity index (χ4n) is 4.84. The number of halogens is 2. The van der Waals surface area contributed by atoms with Crippen molar-refractivity contribution in [3.63, 3.8) is 0 Å². The van der Waals surface area contributed by atoms with Crippen LogP contribution < -0.4 is 9.62 Å². The Morgan fingerprint density at radius 3 is 2.16 bits per heavy atom. The fourth-order valence-corrected chi connectivity index (χ4v) is 6.37. The van der Waals surface area contributed by atoms with Crippen LogP contribution in [0.2, 0.25) is 10.0 Å². The number of carbonyl (C=O) groups is 2. The van der Waals surface area contributed by atoms with Crippen molar-refractivity contribution in [2.45, 2.75) is 72.0 Å². The number of nitrogens with zero attached hydrogens (tertiary/aromatic N) is 2. The highest BCUT2D eigenvalue weighted by atomic mass is 35.5. The van der Waals surface area contributed by atoms with Gasteiger partial charge < -0.3 is 10.2 Å². The lowest BCUT2D eigenvalue weighted by Gasteiger charge is -2.33. The number of hydrogen-bond acceptors (Lipinski definition) is 4. The molecule has 0 saturated carbocycles. The van der Waals surface area contributed by atoms with E-state index in [0.717, 1.165) is 29.4 Å². The van der Waals surface area contributed by atoms with Gasteiger partial charge in [-0.25, -0.2) is 8.42 Å². The van der Waals surface area contributed by atoms with Crippen LogP contribution in [-0.2, 0) is 32.6 Å². The monoisotopic (exact) mass is 645 g/mol. The summed E-state index contributed by atoms with van der Waals surface area (Å²) in [6.45, 7) is 7.84. The van der Waals surface area contributed by atoms with E-state index in [1.165, 1.54) is 9.21 Å². The molecule has 0 aliphatic rings. The van der Waals surface area contributed by atoms with Crippen LogP contribution in [0.15, 0.2) is 66.7 Å². The molecule has 3 rings (SSSR count). The Labute approximate surface area is 266 Å². The minimum atomic E-state index is -3.61. The molecule has 2 amide bonds. The Morgan fingerprint density at radius 2 is 1.56 bits per heavy atom. The molecule has 2 unspecified atom stereocenters. The molecule has 1 N–H and O–H groups in total.